The van der Waals surface area contributed by atoms with Gasteiger partial charge in [-0.2, -0.15) is 10.4 Å². The summed E-state index contributed by atoms with van der Waals surface area (Å²) in [7, 11) is 3.72. The van der Waals surface area contributed by atoms with Crippen LogP contribution in [0.4, 0.5) is 5.82 Å². The summed E-state index contributed by atoms with van der Waals surface area (Å²) in [6.07, 6.45) is 2.29. The van der Waals surface area contributed by atoms with Gasteiger partial charge in [0, 0.05) is 44.2 Å². The first-order valence-corrected chi connectivity index (χ1v) is 8.34. The van der Waals surface area contributed by atoms with E-state index in [4.69, 9.17) is 16.9 Å². The summed E-state index contributed by atoms with van der Waals surface area (Å²) >= 11 is 5.91. The van der Waals surface area contributed by atoms with Crippen LogP contribution in [0.25, 0.3) is 0 Å². The van der Waals surface area contributed by atoms with Crippen molar-refractivity contribution in [3.8, 4) is 6.07 Å². The Bertz CT molecular complexity index is 855. The average molecular weight is 359 g/mol. The Balaban J connectivity index is 1.80. The quantitative estimate of drug-likeness (QED) is 0.906. The summed E-state index contributed by atoms with van der Waals surface area (Å²) in [5.41, 5.74) is 2.29. The van der Waals surface area contributed by atoms with Gasteiger partial charge in [-0.1, -0.05) is 11.6 Å². The van der Waals surface area contributed by atoms with E-state index in [-0.39, 0.29) is 23.6 Å². The monoisotopic (exact) mass is 358 g/mol. The fourth-order valence-corrected chi connectivity index (χ4v) is 3.41. The van der Waals surface area contributed by atoms with Gasteiger partial charge < -0.3 is 10.2 Å². The van der Waals surface area contributed by atoms with Gasteiger partial charge >= 0.3 is 0 Å². The molecule has 0 radical (unpaired) electrons. The third-order valence-electron chi connectivity index (χ3n) is 4.78. The van der Waals surface area contributed by atoms with Gasteiger partial charge in [-0.15, -0.1) is 0 Å². The zero-order valence-electron chi connectivity index (χ0n) is 14.3. The summed E-state index contributed by atoms with van der Waals surface area (Å²) in [6, 6.07) is 5.31. The molecule has 0 saturated carbocycles. The van der Waals surface area contributed by atoms with Crippen LogP contribution >= 0.6 is 11.6 Å². The van der Waals surface area contributed by atoms with Crippen molar-refractivity contribution >= 4 is 23.3 Å². The van der Waals surface area contributed by atoms with Crippen LogP contribution < -0.4 is 5.32 Å². The average Bonchev–Trinajstić information content (AvgIpc) is 3.06. The summed E-state index contributed by atoms with van der Waals surface area (Å²) in [5.74, 6) is 0.773. The third-order valence-corrected chi connectivity index (χ3v) is 5.09. The normalized spacial score (nSPS) is 20.0. The van der Waals surface area contributed by atoms with Gasteiger partial charge in [-0.05, 0) is 19.1 Å². The maximum atomic E-state index is 12.2. The van der Waals surface area contributed by atoms with Crippen LogP contribution in [0.3, 0.4) is 0 Å². The number of hydrogen-bond donors (Lipinski definition) is 1. The third kappa shape index (κ3) is 3.17. The van der Waals surface area contributed by atoms with Crippen molar-refractivity contribution in [2.75, 3.05) is 18.9 Å². The van der Waals surface area contributed by atoms with E-state index in [2.05, 4.69) is 15.4 Å². The van der Waals surface area contributed by atoms with Gasteiger partial charge in [0.15, 0.2) is 5.69 Å². The van der Waals surface area contributed by atoms with Crippen molar-refractivity contribution in [3.05, 3.63) is 40.3 Å². The van der Waals surface area contributed by atoms with Crippen molar-refractivity contribution in [2.24, 2.45) is 13.0 Å². The van der Waals surface area contributed by atoms with Crippen molar-refractivity contribution < 1.29 is 4.79 Å². The number of nitrogens with zero attached hydrogens (tertiary/aromatic N) is 5. The molecule has 1 fully saturated rings. The summed E-state index contributed by atoms with van der Waals surface area (Å²) in [4.78, 5) is 18.2. The van der Waals surface area contributed by atoms with Crippen LogP contribution in [-0.4, -0.2) is 39.2 Å². The highest BCUT2D eigenvalue weighted by atomic mass is 35.5. The number of anilines is 1. The lowest BCUT2D eigenvalue weighted by Gasteiger charge is -2.25. The van der Waals surface area contributed by atoms with E-state index in [1.165, 1.54) is 0 Å². The molecule has 1 N–H and O–H groups in total. The maximum Gasteiger partial charge on any atom is 0.223 e. The minimum Gasteiger partial charge on any atom is -0.370 e. The first kappa shape index (κ1) is 17.2. The Morgan fingerprint density at radius 2 is 2.20 bits per heavy atom. The van der Waals surface area contributed by atoms with Crippen LogP contribution in [-0.2, 0) is 11.8 Å². The first-order valence-electron chi connectivity index (χ1n) is 7.97. The molecule has 2 aromatic rings. The van der Waals surface area contributed by atoms with Crippen molar-refractivity contribution in [2.45, 2.75) is 19.4 Å². The number of likely N-dealkylation sites (tertiary alicyclic amines) is 1. The Morgan fingerprint density at radius 3 is 2.84 bits per heavy atom. The SMILES string of the molecule is Cc1c([C@H]2[C@H](CNc3ccc(Cl)c(C#N)n3)CC(=O)N2C)cnn1C. The topological polar surface area (TPSA) is 86.8 Å². The molecule has 1 aliphatic rings. The zero-order chi connectivity index (χ0) is 18.1. The highest BCUT2D eigenvalue weighted by Gasteiger charge is 2.39. The van der Waals surface area contributed by atoms with E-state index in [0.717, 1.165) is 11.3 Å². The lowest BCUT2D eigenvalue weighted by atomic mass is 9.94. The van der Waals surface area contributed by atoms with E-state index < -0.39 is 0 Å². The van der Waals surface area contributed by atoms with Crippen molar-refractivity contribution in [1.82, 2.24) is 19.7 Å². The molecular formula is C17H19ClN6O. The Hall–Kier alpha value is -2.59. The van der Waals surface area contributed by atoms with E-state index in [1.54, 1.807) is 17.0 Å². The van der Waals surface area contributed by atoms with Crippen molar-refractivity contribution in [1.29, 1.82) is 5.26 Å². The molecule has 0 bridgehead atoms. The second-order valence-corrected chi connectivity index (χ2v) is 6.65. The summed E-state index contributed by atoms with van der Waals surface area (Å²) in [5, 5.41) is 16.9. The smallest absolute Gasteiger partial charge is 0.223 e. The molecular weight excluding hydrogens is 340 g/mol. The number of amides is 1. The number of rotatable bonds is 4. The van der Waals surface area contributed by atoms with Gasteiger partial charge in [0.2, 0.25) is 5.91 Å². The number of hydrogen-bond acceptors (Lipinski definition) is 5. The van der Waals surface area contributed by atoms with Crippen LogP contribution in [0.1, 0.15) is 29.4 Å². The number of carbonyl (C=O) groups is 1. The molecule has 0 spiro atoms. The summed E-state index contributed by atoms with van der Waals surface area (Å²) in [6.45, 7) is 2.57. The molecule has 25 heavy (non-hydrogen) atoms. The molecule has 8 heteroatoms. The van der Waals surface area contributed by atoms with Crippen LogP contribution in [0.15, 0.2) is 18.3 Å². The first-order chi connectivity index (χ1) is 11.9. The minimum absolute atomic E-state index is 0.0311. The fraction of sp³-hybridized carbons (Fsp3) is 0.412. The molecule has 130 valence electrons. The molecule has 1 amide bonds. The van der Waals surface area contributed by atoms with E-state index in [0.29, 0.717) is 23.8 Å². The Labute approximate surface area is 151 Å². The standard InChI is InChI=1S/C17H19ClN6O/c1-10-12(9-21-24(10)3)17-11(6-16(25)23(17)2)8-20-15-5-4-13(18)14(7-19)22-15/h4-5,9,11,17H,6,8H2,1-3H3,(H,20,22)/t11-,17+/m0/s1. The molecule has 3 heterocycles. The van der Waals surface area contributed by atoms with Gasteiger partial charge in [-0.25, -0.2) is 4.98 Å². The van der Waals surface area contributed by atoms with Crippen molar-refractivity contribution in [3.63, 3.8) is 0 Å². The molecule has 0 unspecified atom stereocenters. The second kappa shape index (κ2) is 6.73. The number of halogens is 1. The highest BCUT2D eigenvalue weighted by molar-refractivity contribution is 6.31. The highest BCUT2D eigenvalue weighted by Crippen LogP contribution is 2.38. The van der Waals surface area contributed by atoms with Crippen LogP contribution in [0, 0.1) is 24.2 Å². The fourth-order valence-electron chi connectivity index (χ4n) is 3.26. The molecule has 1 aliphatic heterocycles. The lowest BCUT2D eigenvalue weighted by Crippen LogP contribution is -2.27. The Kier molecular flexibility index (Phi) is 4.64. The zero-order valence-corrected chi connectivity index (χ0v) is 15.1. The largest absolute Gasteiger partial charge is 0.370 e. The van der Waals surface area contributed by atoms with Crippen LogP contribution in [0.2, 0.25) is 5.02 Å². The molecule has 2 aromatic heterocycles. The number of nitrogens with one attached hydrogen (secondary N) is 1. The summed E-state index contributed by atoms with van der Waals surface area (Å²) < 4.78 is 1.82. The predicted molar refractivity (Wildman–Crippen MR) is 94.0 cm³/mol. The number of pyridine rings is 1. The predicted octanol–water partition coefficient (Wildman–Crippen LogP) is 2.28. The molecule has 2 atom stereocenters. The van der Waals surface area contributed by atoms with E-state index in [1.807, 2.05) is 38.0 Å². The molecule has 0 aromatic carbocycles. The minimum atomic E-state index is -0.0311. The number of aryl methyl sites for hydroxylation is 1. The van der Waals surface area contributed by atoms with Gasteiger partial charge in [0.05, 0.1) is 17.3 Å². The Morgan fingerprint density at radius 1 is 1.44 bits per heavy atom. The van der Waals surface area contributed by atoms with E-state index >= 15 is 0 Å². The van der Waals surface area contributed by atoms with E-state index in [9.17, 15) is 4.79 Å². The van der Waals surface area contributed by atoms with Gasteiger partial charge in [0.1, 0.15) is 11.9 Å². The van der Waals surface area contributed by atoms with Gasteiger partial charge in [-0.3, -0.25) is 9.48 Å². The molecule has 0 aliphatic carbocycles. The molecule has 7 nitrogen and oxygen atoms in total. The molecule has 1 saturated heterocycles. The number of nitriles is 1. The van der Waals surface area contributed by atoms with Crippen LogP contribution in [0.5, 0.6) is 0 Å². The molecule has 3 rings (SSSR count). The van der Waals surface area contributed by atoms with Gasteiger partial charge in [0.25, 0.3) is 0 Å². The number of carbonyl (C=O) groups excluding carboxylic acids is 1. The lowest BCUT2D eigenvalue weighted by molar-refractivity contribution is -0.127. The second-order valence-electron chi connectivity index (χ2n) is 6.24. The maximum absolute atomic E-state index is 12.2. The number of aromatic nitrogens is 3.